The van der Waals surface area contributed by atoms with Gasteiger partial charge in [-0.25, -0.2) is 4.79 Å². The summed E-state index contributed by atoms with van der Waals surface area (Å²) in [6.45, 7) is 2.01. The number of rotatable bonds is 2. The second-order valence-electron chi connectivity index (χ2n) is 4.19. The maximum atomic E-state index is 11.1. The Morgan fingerprint density at radius 3 is 2.94 bits per heavy atom. The van der Waals surface area contributed by atoms with E-state index in [0.717, 1.165) is 22.2 Å². The summed E-state index contributed by atoms with van der Waals surface area (Å²) in [4.78, 5) is 14.3. The number of carboxylic acids is 1. The number of hydrogen-bond acceptors (Lipinski definition) is 2. The Labute approximate surface area is 102 Å². The number of aryl methyl sites for hydroxylation is 1. The third-order valence-corrected chi connectivity index (χ3v) is 3.00. The van der Waals surface area contributed by atoms with Gasteiger partial charge in [-0.15, -0.1) is 0 Å². The Kier molecular flexibility index (Phi) is 2.19. The normalized spacial score (nSPS) is 10.9. The van der Waals surface area contributed by atoms with Crippen LogP contribution in [0.15, 0.2) is 30.5 Å². The first-order chi connectivity index (χ1) is 8.66. The van der Waals surface area contributed by atoms with Crippen molar-refractivity contribution in [3.05, 3.63) is 41.6 Å². The first kappa shape index (κ1) is 10.6. The molecule has 0 fully saturated rings. The summed E-state index contributed by atoms with van der Waals surface area (Å²) in [5.74, 6) is -0.992. The van der Waals surface area contributed by atoms with Crippen LogP contribution in [-0.4, -0.2) is 26.3 Å². The number of benzene rings is 1. The second-order valence-corrected chi connectivity index (χ2v) is 4.19. The van der Waals surface area contributed by atoms with Gasteiger partial charge in [-0.1, -0.05) is 18.2 Å². The van der Waals surface area contributed by atoms with Crippen molar-refractivity contribution in [2.75, 3.05) is 0 Å². The van der Waals surface area contributed by atoms with E-state index in [2.05, 4.69) is 15.2 Å². The Hall–Kier alpha value is -2.56. The number of H-pyrrole nitrogens is 2. The Balaban J connectivity index is 2.23. The van der Waals surface area contributed by atoms with Gasteiger partial charge in [-0.05, 0) is 18.6 Å². The highest BCUT2D eigenvalue weighted by molar-refractivity contribution is 5.96. The van der Waals surface area contributed by atoms with Gasteiger partial charge in [-0.3, -0.25) is 5.10 Å². The highest BCUT2D eigenvalue weighted by Gasteiger charge is 2.15. The number of aromatic amines is 2. The minimum atomic E-state index is -0.992. The van der Waals surface area contributed by atoms with Crippen molar-refractivity contribution in [3.8, 4) is 11.4 Å². The van der Waals surface area contributed by atoms with Crippen LogP contribution in [0, 0.1) is 6.92 Å². The minimum Gasteiger partial charge on any atom is -0.478 e. The minimum absolute atomic E-state index is 0.166. The molecule has 5 nitrogen and oxygen atoms in total. The topological polar surface area (TPSA) is 81.8 Å². The van der Waals surface area contributed by atoms with Gasteiger partial charge in [0.15, 0.2) is 0 Å². The molecule has 5 heteroatoms. The summed E-state index contributed by atoms with van der Waals surface area (Å²) in [6, 6.07) is 7.88. The molecule has 0 unspecified atom stereocenters. The van der Waals surface area contributed by atoms with E-state index in [1.54, 1.807) is 0 Å². The third-order valence-electron chi connectivity index (χ3n) is 3.00. The van der Waals surface area contributed by atoms with Crippen molar-refractivity contribution in [1.82, 2.24) is 15.2 Å². The van der Waals surface area contributed by atoms with Crippen LogP contribution in [0.5, 0.6) is 0 Å². The van der Waals surface area contributed by atoms with Crippen molar-refractivity contribution in [1.29, 1.82) is 0 Å². The van der Waals surface area contributed by atoms with Crippen molar-refractivity contribution in [2.45, 2.75) is 6.92 Å². The standard InChI is InChI=1S/C13H11N3O2/c1-7-3-2-4-8-5-10(15-11(7)8)12-9(13(17)18)6-14-16-12/h2-6,15H,1H3,(H,14,16)(H,17,18). The summed E-state index contributed by atoms with van der Waals surface area (Å²) in [7, 11) is 0. The molecule has 2 aromatic heterocycles. The van der Waals surface area contributed by atoms with Gasteiger partial charge in [0, 0.05) is 10.9 Å². The molecule has 3 N–H and O–H groups in total. The molecule has 0 aliphatic carbocycles. The lowest BCUT2D eigenvalue weighted by atomic mass is 10.1. The first-order valence-corrected chi connectivity index (χ1v) is 5.52. The van der Waals surface area contributed by atoms with Crippen LogP contribution in [0.1, 0.15) is 15.9 Å². The van der Waals surface area contributed by atoms with Gasteiger partial charge in [0.25, 0.3) is 0 Å². The van der Waals surface area contributed by atoms with Crippen LogP contribution >= 0.6 is 0 Å². The summed E-state index contributed by atoms with van der Waals surface area (Å²) in [6.07, 6.45) is 1.32. The third kappa shape index (κ3) is 1.48. The molecule has 0 spiro atoms. The van der Waals surface area contributed by atoms with Gasteiger partial charge in [-0.2, -0.15) is 5.10 Å². The Bertz CT molecular complexity index is 740. The van der Waals surface area contributed by atoms with E-state index >= 15 is 0 Å². The van der Waals surface area contributed by atoms with Crippen molar-refractivity contribution < 1.29 is 9.90 Å². The molecule has 2 heterocycles. The average Bonchev–Trinajstić information content (AvgIpc) is 2.95. The number of aromatic nitrogens is 3. The van der Waals surface area contributed by atoms with E-state index in [1.807, 2.05) is 31.2 Å². The maximum Gasteiger partial charge on any atom is 0.339 e. The molecular weight excluding hydrogens is 230 g/mol. The SMILES string of the molecule is Cc1cccc2cc(-c3[nH]ncc3C(=O)O)[nH]c12. The molecule has 18 heavy (non-hydrogen) atoms. The molecule has 0 amide bonds. The number of para-hydroxylation sites is 1. The number of hydrogen-bond donors (Lipinski definition) is 3. The van der Waals surface area contributed by atoms with Crippen LogP contribution in [0.2, 0.25) is 0 Å². The fraction of sp³-hybridized carbons (Fsp3) is 0.0769. The summed E-state index contributed by atoms with van der Waals surface area (Å²) in [5, 5.41) is 16.6. The number of carboxylic acid groups (broad SMARTS) is 1. The van der Waals surface area contributed by atoms with Crippen LogP contribution in [0.3, 0.4) is 0 Å². The quantitative estimate of drug-likeness (QED) is 0.644. The second kappa shape index (κ2) is 3.73. The fourth-order valence-corrected chi connectivity index (χ4v) is 2.10. The average molecular weight is 241 g/mol. The van der Waals surface area contributed by atoms with Crippen LogP contribution in [-0.2, 0) is 0 Å². The lowest BCUT2D eigenvalue weighted by Crippen LogP contribution is -1.96. The van der Waals surface area contributed by atoms with Crippen molar-refractivity contribution in [3.63, 3.8) is 0 Å². The molecule has 0 aliphatic heterocycles. The van der Waals surface area contributed by atoms with E-state index in [1.165, 1.54) is 6.20 Å². The fourth-order valence-electron chi connectivity index (χ4n) is 2.10. The molecule has 0 radical (unpaired) electrons. The number of aromatic carboxylic acids is 1. The zero-order valence-electron chi connectivity index (χ0n) is 9.69. The monoisotopic (exact) mass is 241 g/mol. The number of nitrogens with zero attached hydrogens (tertiary/aromatic N) is 1. The highest BCUT2D eigenvalue weighted by atomic mass is 16.4. The number of carbonyl (C=O) groups is 1. The largest absolute Gasteiger partial charge is 0.478 e. The molecule has 0 bridgehead atoms. The van der Waals surface area contributed by atoms with E-state index in [0.29, 0.717) is 5.69 Å². The van der Waals surface area contributed by atoms with Crippen LogP contribution < -0.4 is 0 Å². The van der Waals surface area contributed by atoms with E-state index in [-0.39, 0.29) is 5.56 Å². The Morgan fingerprint density at radius 2 is 2.22 bits per heavy atom. The van der Waals surface area contributed by atoms with Crippen LogP contribution in [0.25, 0.3) is 22.3 Å². The molecule has 1 aromatic carbocycles. The zero-order valence-corrected chi connectivity index (χ0v) is 9.69. The first-order valence-electron chi connectivity index (χ1n) is 5.52. The maximum absolute atomic E-state index is 11.1. The van der Waals surface area contributed by atoms with E-state index < -0.39 is 5.97 Å². The molecule has 0 atom stereocenters. The Morgan fingerprint density at radius 1 is 1.39 bits per heavy atom. The van der Waals surface area contributed by atoms with E-state index in [4.69, 9.17) is 5.11 Å². The molecule has 0 saturated heterocycles. The molecule has 3 rings (SSSR count). The predicted octanol–water partition coefficient (Wildman–Crippen LogP) is 2.56. The van der Waals surface area contributed by atoms with Gasteiger partial charge in [0.2, 0.25) is 0 Å². The zero-order chi connectivity index (χ0) is 12.7. The van der Waals surface area contributed by atoms with Crippen molar-refractivity contribution in [2.24, 2.45) is 0 Å². The van der Waals surface area contributed by atoms with Crippen LogP contribution in [0.4, 0.5) is 0 Å². The van der Waals surface area contributed by atoms with Gasteiger partial charge >= 0.3 is 5.97 Å². The molecule has 0 saturated carbocycles. The lowest BCUT2D eigenvalue weighted by Gasteiger charge is -1.96. The van der Waals surface area contributed by atoms with Gasteiger partial charge < -0.3 is 10.1 Å². The number of nitrogens with one attached hydrogen (secondary N) is 2. The summed E-state index contributed by atoms with van der Waals surface area (Å²) >= 11 is 0. The lowest BCUT2D eigenvalue weighted by molar-refractivity contribution is 0.0698. The summed E-state index contributed by atoms with van der Waals surface area (Å²) < 4.78 is 0. The number of fused-ring (bicyclic) bond motifs is 1. The molecular formula is C13H11N3O2. The highest BCUT2D eigenvalue weighted by Crippen LogP contribution is 2.26. The summed E-state index contributed by atoms with van der Waals surface area (Å²) in [5.41, 5.74) is 3.53. The molecule has 90 valence electrons. The molecule has 3 aromatic rings. The van der Waals surface area contributed by atoms with E-state index in [9.17, 15) is 4.79 Å². The smallest absolute Gasteiger partial charge is 0.339 e. The molecule has 0 aliphatic rings. The van der Waals surface area contributed by atoms with Gasteiger partial charge in [0.1, 0.15) is 5.56 Å². The van der Waals surface area contributed by atoms with Gasteiger partial charge in [0.05, 0.1) is 17.6 Å². The predicted molar refractivity (Wildman–Crippen MR) is 67.6 cm³/mol. The van der Waals surface area contributed by atoms with Crippen molar-refractivity contribution >= 4 is 16.9 Å².